The fourth-order valence-corrected chi connectivity index (χ4v) is 6.40. The number of rotatable bonds is 7. The topological polar surface area (TPSA) is 123 Å². The number of anilines is 2. The van der Waals surface area contributed by atoms with E-state index >= 15 is 0 Å². The molecule has 1 aliphatic carbocycles. The molecule has 0 bridgehead atoms. The van der Waals surface area contributed by atoms with E-state index in [1.54, 1.807) is 37.3 Å². The average molecular weight is 708 g/mol. The van der Waals surface area contributed by atoms with Gasteiger partial charge in [-0.3, -0.25) is 9.59 Å². The van der Waals surface area contributed by atoms with Crippen LogP contribution in [0.2, 0.25) is 5.02 Å². The van der Waals surface area contributed by atoms with Crippen LogP contribution in [0.5, 0.6) is 0 Å². The van der Waals surface area contributed by atoms with E-state index in [1.807, 2.05) is 24.8 Å². The van der Waals surface area contributed by atoms with Crippen molar-refractivity contribution < 1.29 is 32.2 Å². The van der Waals surface area contributed by atoms with Crippen LogP contribution in [0.3, 0.4) is 0 Å². The lowest BCUT2D eigenvalue weighted by Crippen LogP contribution is -2.56. The first-order valence-electron chi connectivity index (χ1n) is 16.2. The summed E-state index contributed by atoms with van der Waals surface area (Å²) in [5, 5.41) is 6.94. The van der Waals surface area contributed by atoms with Crippen molar-refractivity contribution in [1.29, 1.82) is 0 Å². The van der Waals surface area contributed by atoms with Crippen LogP contribution >= 0.6 is 11.6 Å². The summed E-state index contributed by atoms with van der Waals surface area (Å²) in [5.74, 6) is -0.0984. The Morgan fingerprint density at radius 1 is 1.16 bits per heavy atom. The van der Waals surface area contributed by atoms with Crippen molar-refractivity contribution in [3.8, 4) is 0 Å². The monoisotopic (exact) mass is 707 g/mol. The maximum Gasteiger partial charge on any atom is 0.416 e. The molecule has 266 valence electrons. The molecule has 49 heavy (non-hydrogen) atoms. The lowest BCUT2D eigenvalue weighted by Gasteiger charge is -2.41. The van der Waals surface area contributed by atoms with Crippen molar-refractivity contribution in [3.63, 3.8) is 0 Å². The maximum atomic E-state index is 14.2. The number of halogens is 4. The number of nitrogens with zero attached hydrogens (tertiary/aromatic N) is 6. The Bertz CT molecular complexity index is 1830. The standard InChI is InChI=1S/C33H41ClF3N7O5/c1-7-25-27(41-14-15-42(19(2)17-41)31(47)49-32(3,4)5)29(46)44-30(39-28(40-44)20-8-11-22(48-6)12-9-20)43(25)18-26(45)38-24-13-10-21(16-23(24)34)33(35,36)37/h8,10,13,16,19,22H,7,9,11-12,14-15,17-18H2,1-6H3,(H,38,45)/t19-,22?/m1/s1. The zero-order chi connectivity index (χ0) is 35.8. The van der Waals surface area contributed by atoms with Gasteiger partial charge in [-0.1, -0.05) is 24.6 Å². The SMILES string of the molecule is CCc1c(N2CCN(C(=O)OC(C)(C)C)[C@H](C)C2)c(=O)n2nc(C3=CCC(OC)CC3)nc2n1CC(=O)Nc1ccc(C(F)(F)F)cc1Cl. The zero-order valence-electron chi connectivity index (χ0n) is 28.4. The second kappa shape index (κ2) is 14.0. The Kier molecular flexibility index (Phi) is 10.4. The number of aromatic nitrogens is 4. The number of nitrogens with one attached hydrogen (secondary N) is 1. The van der Waals surface area contributed by atoms with Crippen LogP contribution in [-0.2, 0) is 33.4 Å². The van der Waals surface area contributed by atoms with E-state index in [0.717, 1.165) is 30.2 Å². The molecule has 1 aliphatic heterocycles. The van der Waals surface area contributed by atoms with Crippen molar-refractivity contribution in [3.05, 3.63) is 56.7 Å². The Morgan fingerprint density at radius 2 is 1.90 bits per heavy atom. The first kappa shape index (κ1) is 36.2. The summed E-state index contributed by atoms with van der Waals surface area (Å²) in [6.07, 6.45) is -0.610. The number of methoxy groups -OCH3 is 1. The third-order valence-electron chi connectivity index (χ3n) is 8.59. The number of alkyl halides is 3. The van der Waals surface area contributed by atoms with E-state index in [0.29, 0.717) is 56.1 Å². The Hall–Kier alpha value is -4.11. The highest BCUT2D eigenvalue weighted by Gasteiger charge is 2.35. The number of carbonyl (C=O) groups is 2. The molecule has 2 amide bonds. The summed E-state index contributed by atoms with van der Waals surface area (Å²) in [4.78, 5) is 48.9. The van der Waals surface area contributed by atoms with Crippen LogP contribution in [-0.4, -0.2) is 80.6 Å². The number of carbonyl (C=O) groups excluding carboxylic acids is 2. The molecule has 1 N–H and O–H groups in total. The molecule has 1 fully saturated rings. The molecular formula is C33H41ClF3N7O5. The molecule has 1 unspecified atom stereocenters. The van der Waals surface area contributed by atoms with Crippen molar-refractivity contribution in [1.82, 2.24) is 24.1 Å². The summed E-state index contributed by atoms with van der Waals surface area (Å²) in [7, 11) is 1.66. The molecule has 16 heteroatoms. The second-order valence-corrected chi connectivity index (χ2v) is 13.7. The van der Waals surface area contributed by atoms with Gasteiger partial charge in [0.2, 0.25) is 11.7 Å². The molecule has 5 rings (SSSR count). The predicted molar refractivity (Wildman–Crippen MR) is 179 cm³/mol. The summed E-state index contributed by atoms with van der Waals surface area (Å²) in [5.41, 5.74) is -0.346. The van der Waals surface area contributed by atoms with Gasteiger partial charge in [-0.15, -0.1) is 5.10 Å². The molecule has 12 nitrogen and oxygen atoms in total. The van der Waals surface area contributed by atoms with Gasteiger partial charge in [0.15, 0.2) is 5.82 Å². The molecule has 3 aromatic rings. The Morgan fingerprint density at radius 3 is 2.47 bits per heavy atom. The zero-order valence-corrected chi connectivity index (χ0v) is 29.1. The Labute approximate surface area is 286 Å². The molecule has 0 radical (unpaired) electrons. The van der Waals surface area contributed by atoms with Crippen molar-refractivity contribution >= 4 is 46.3 Å². The van der Waals surface area contributed by atoms with Gasteiger partial charge in [-0.05, 0) is 77.2 Å². The molecule has 1 aromatic carbocycles. The molecule has 3 heterocycles. The predicted octanol–water partition coefficient (Wildman–Crippen LogP) is 5.79. The van der Waals surface area contributed by atoms with Gasteiger partial charge in [0, 0.05) is 32.8 Å². The smallest absolute Gasteiger partial charge is 0.416 e. The quantitative estimate of drug-likeness (QED) is 0.328. The molecule has 2 aliphatic rings. The number of hydrogen-bond acceptors (Lipinski definition) is 8. The van der Waals surface area contributed by atoms with Crippen LogP contribution in [0.1, 0.15) is 71.0 Å². The molecule has 0 saturated carbocycles. The maximum absolute atomic E-state index is 14.2. The summed E-state index contributed by atoms with van der Waals surface area (Å²) in [6.45, 7) is 9.69. The molecule has 0 spiro atoms. The number of benzene rings is 1. The number of hydrogen-bond donors (Lipinski definition) is 1. The number of allylic oxidation sites excluding steroid dienone is 1. The van der Waals surface area contributed by atoms with E-state index in [4.69, 9.17) is 26.1 Å². The summed E-state index contributed by atoms with van der Waals surface area (Å²) in [6, 6.07) is 2.37. The van der Waals surface area contributed by atoms with Crippen LogP contribution in [0, 0.1) is 0 Å². The first-order valence-corrected chi connectivity index (χ1v) is 16.5. The highest BCUT2D eigenvalue weighted by atomic mass is 35.5. The van der Waals surface area contributed by atoms with Crippen molar-refractivity contribution in [2.45, 2.75) is 90.8 Å². The van der Waals surface area contributed by atoms with Crippen LogP contribution in [0.4, 0.5) is 29.3 Å². The minimum atomic E-state index is -4.60. The number of piperazine rings is 1. The normalized spacial score (nSPS) is 18.9. The molecule has 2 aromatic heterocycles. The minimum Gasteiger partial charge on any atom is -0.444 e. The van der Waals surface area contributed by atoms with E-state index in [2.05, 4.69) is 10.4 Å². The van der Waals surface area contributed by atoms with E-state index in [-0.39, 0.29) is 35.2 Å². The van der Waals surface area contributed by atoms with Gasteiger partial charge in [0.25, 0.3) is 5.56 Å². The van der Waals surface area contributed by atoms with Gasteiger partial charge in [0.05, 0.1) is 28.1 Å². The largest absolute Gasteiger partial charge is 0.444 e. The molecular weight excluding hydrogens is 667 g/mol. The number of fused-ring (bicyclic) bond motifs is 1. The minimum absolute atomic E-state index is 0.00399. The van der Waals surface area contributed by atoms with Gasteiger partial charge < -0.3 is 29.2 Å². The van der Waals surface area contributed by atoms with E-state index in [9.17, 15) is 27.6 Å². The number of ether oxygens (including phenoxy) is 2. The summed E-state index contributed by atoms with van der Waals surface area (Å²) >= 11 is 6.13. The fourth-order valence-electron chi connectivity index (χ4n) is 6.17. The third-order valence-corrected chi connectivity index (χ3v) is 8.90. The van der Waals surface area contributed by atoms with Crippen molar-refractivity contribution in [2.24, 2.45) is 0 Å². The number of amides is 2. The van der Waals surface area contributed by atoms with Gasteiger partial charge >= 0.3 is 12.3 Å². The Balaban J connectivity index is 1.54. The van der Waals surface area contributed by atoms with Crippen LogP contribution in [0.15, 0.2) is 29.1 Å². The third kappa shape index (κ3) is 7.88. The highest BCUT2D eigenvalue weighted by molar-refractivity contribution is 6.33. The van der Waals surface area contributed by atoms with E-state index < -0.39 is 34.9 Å². The fraction of sp³-hybridized carbons (Fsp3) is 0.545. The van der Waals surface area contributed by atoms with Gasteiger partial charge in [-0.25, -0.2) is 4.79 Å². The molecule has 1 saturated heterocycles. The van der Waals surface area contributed by atoms with Gasteiger partial charge in [0.1, 0.15) is 17.8 Å². The molecule has 2 atom stereocenters. The highest BCUT2D eigenvalue weighted by Crippen LogP contribution is 2.34. The lowest BCUT2D eigenvalue weighted by atomic mass is 9.97. The van der Waals surface area contributed by atoms with Crippen LogP contribution < -0.4 is 15.8 Å². The summed E-state index contributed by atoms with van der Waals surface area (Å²) < 4.78 is 53.5. The van der Waals surface area contributed by atoms with Gasteiger partial charge in [-0.2, -0.15) is 22.7 Å². The first-order chi connectivity index (χ1) is 23.0. The lowest BCUT2D eigenvalue weighted by molar-refractivity contribution is -0.137. The van der Waals surface area contributed by atoms with Crippen molar-refractivity contribution in [2.75, 3.05) is 37.0 Å². The van der Waals surface area contributed by atoms with E-state index in [1.165, 1.54) is 4.52 Å². The van der Waals surface area contributed by atoms with Crippen LogP contribution in [0.25, 0.3) is 11.4 Å². The second-order valence-electron chi connectivity index (χ2n) is 13.3. The average Bonchev–Trinajstić information content (AvgIpc) is 3.48.